The Morgan fingerprint density at radius 3 is 2.43 bits per heavy atom. The molecule has 3 rings (SSSR count). The lowest BCUT2D eigenvalue weighted by molar-refractivity contribution is -0.135. The number of aromatic nitrogens is 1. The molecule has 1 aliphatic heterocycles. The number of sulfonamides is 1. The molecule has 0 spiro atoms. The van der Waals surface area contributed by atoms with Gasteiger partial charge in [0.15, 0.2) is 6.61 Å². The summed E-state index contributed by atoms with van der Waals surface area (Å²) in [6, 6.07) is 5.95. The van der Waals surface area contributed by atoms with Crippen molar-refractivity contribution in [3.05, 3.63) is 40.5 Å². The molecule has 1 N–H and O–H groups in total. The average molecular weight is 473 g/mol. The predicted molar refractivity (Wildman–Crippen MR) is 113 cm³/mol. The molecule has 9 nitrogen and oxygen atoms in total. The molecule has 30 heavy (non-hydrogen) atoms. The third-order valence-electron chi connectivity index (χ3n) is 4.66. The van der Waals surface area contributed by atoms with E-state index in [0.717, 1.165) is 11.5 Å². The van der Waals surface area contributed by atoms with Gasteiger partial charge in [0.2, 0.25) is 10.0 Å². The average Bonchev–Trinajstić information content (AvgIpc) is 3.12. The van der Waals surface area contributed by atoms with Gasteiger partial charge in [-0.3, -0.25) is 4.79 Å². The van der Waals surface area contributed by atoms with E-state index in [1.807, 2.05) is 0 Å². The van der Waals surface area contributed by atoms with Crippen molar-refractivity contribution in [2.75, 3.05) is 45.2 Å². The molecule has 0 saturated carbocycles. The van der Waals surface area contributed by atoms with Gasteiger partial charge in [-0.1, -0.05) is 11.6 Å². The molecule has 12 heteroatoms. The first-order valence-electron chi connectivity index (χ1n) is 9.08. The minimum atomic E-state index is -3.66. The Balaban J connectivity index is 1.54. The smallest absolute Gasteiger partial charge is 0.343 e. The summed E-state index contributed by atoms with van der Waals surface area (Å²) in [4.78, 5) is 26.3. The van der Waals surface area contributed by atoms with Gasteiger partial charge in [0, 0.05) is 38.2 Å². The first kappa shape index (κ1) is 22.5. The molecule has 162 valence electrons. The fourth-order valence-corrected chi connectivity index (χ4v) is 5.29. The Hall–Kier alpha value is -2.21. The Labute approximate surface area is 183 Å². The zero-order valence-electron chi connectivity index (χ0n) is 16.4. The molecule has 0 unspecified atom stereocenters. The number of carbonyl (C=O) groups excluding carboxylic acids is 2. The van der Waals surface area contributed by atoms with Crippen LogP contribution < -0.4 is 5.32 Å². The maximum Gasteiger partial charge on any atom is 0.343 e. The summed E-state index contributed by atoms with van der Waals surface area (Å²) in [6.45, 7) is 2.01. The molecule has 0 radical (unpaired) electrons. The summed E-state index contributed by atoms with van der Waals surface area (Å²) in [5, 5.41) is 3.90. The SMILES string of the molecule is CNc1snc(C)c1C(=O)OCC(=O)N1CCN(S(=O)(=O)c2ccc(Cl)cc2)CC1. The van der Waals surface area contributed by atoms with Crippen LogP contribution in [0.5, 0.6) is 0 Å². The van der Waals surface area contributed by atoms with E-state index in [1.54, 1.807) is 14.0 Å². The highest BCUT2D eigenvalue weighted by molar-refractivity contribution is 7.89. The molecular weight excluding hydrogens is 452 g/mol. The largest absolute Gasteiger partial charge is 0.452 e. The fourth-order valence-electron chi connectivity index (χ4n) is 3.00. The van der Waals surface area contributed by atoms with Gasteiger partial charge < -0.3 is 15.0 Å². The van der Waals surface area contributed by atoms with E-state index in [0.29, 0.717) is 21.3 Å². The van der Waals surface area contributed by atoms with E-state index >= 15 is 0 Å². The third-order valence-corrected chi connectivity index (χ3v) is 7.78. The van der Waals surface area contributed by atoms with E-state index < -0.39 is 22.6 Å². The van der Waals surface area contributed by atoms with Crippen molar-refractivity contribution in [1.82, 2.24) is 13.6 Å². The fraction of sp³-hybridized carbons (Fsp3) is 0.389. The Bertz CT molecular complexity index is 1030. The number of piperazine rings is 1. The topological polar surface area (TPSA) is 109 Å². The van der Waals surface area contributed by atoms with Crippen LogP contribution in [0.15, 0.2) is 29.2 Å². The number of aryl methyl sites for hydroxylation is 1. The number of rotatable bonds is 6. The number of benzene rings is 1. The minimum Gasteiger partial charge on any atom is -0.452 e. The Kier molecular flexibility index (Phi) is 6.96. The van der Waals surface area contributed by atoms with Gasteiger partial charge in [-0.25, -0.2) is 13.2 Å². The summed E-state index contributed by atoms with van der Waals surface area (Å²) >= 11 is 6.96. The normalized spacial score (nSPS) is 15.1. The van der Waals surface area contributed by atoms with Crippen molar-refractivity contribution in [3.63, 3.8) is 0 Å². The highest BCUT2D eigenvalue weighted by Gasteiger charge is 2.30. The lowest BCUT2D eigenvalue weighted by Crippen LogP contribution is -2.51. The van der Waals surface area contributed by atoms with E-state index in [4.69, 9.17) is 16.3 Å². The van der Waals surface area contributed by atoms with Gasteiger partial charge in [-0.05, 0) is 42.7 Å². The Morgan fingerprint density at radius 2 is 1.83 bits per heavy atom. The second-order valence-electron chi connectivity index (χ2n) is 6.54. The number of hydrogen-bond donors (Lipinski definition) is 1. The summed E-state index contributed by atoms with van der Waals surface area (Å²) in [7, 11) is -1.98. The molecule has 0 aliphatic carbocycles. The molecule has 2 heterocycles. The van der Waals surface area contributed by atoms with Crippen LogP contribution in [0, 0.1) is 6.92 Å². The van der Waals surface area contributed by atoms with Gasteiger partial charge in [0.25, 0.3) is 5.91 Å². The highest BCUT2D eigenvalue weighted by atomic mass is 35.5. The molecule has 0 bridgehead atoms. The van der Waals surface area contributed by atoms with Gasteiger partial charge in [-0.2, -0.15) is 8.68 Å². The number of ether oxygens (including phenoxy) is 1. The van der Waals surface area contributed by atoms with Crippen LogP contribution in [0.2, 0.25) is 5.02 Å². The molecule has 1 fully saturated rings. The van der Waals surface area contributed by atoms with Crippen LogP contribution in [0.4, 0.5) is 5.00 Å². The number of esters is 1. The van der Waals surface area contributed by atoms with Gasteiger partial charge in [0.1, 0.15) is 10.6 Å². The molecule has 1 aromatic carbocycles. The molecule has 1 aromatic heterocycles. The summed E-state index contributed by atoms with van der Waals surface area (Å²) in [5.74, 6) is -0.998. The molecule has 0 atom stereocenters. The van der Waals surface area contributed by atoms with Gasteiger partial charge in [-0.15, -0.1) is 0 Å². The number of hydrogen-bond acceptors (Lipinski definition) is 8. The first-order valence-corrected chi connectivity index (χ1v) is 11.7. The standard InChI is InChI=1S/C18H21ClN4O5S2/c1-12-16(17(20-2)29-21-12)18(25)28-11-15(24)22-7-9-23(10-8-22)30(26,27)14-5-3-13(19)4-6-14/h3-6,20H,7-11H2,1-2H3. The van der Waals surface area contributed by atoms with Crippen molar-refractivity contribution >= 4 is 50.0 Å². The zero-order chi connectivity index (χ0) is 21.9. The lowest BCUT2D eigenvalue weighted by atomic mass is 10.2. The second-order valence-corrected chi connectivity index (χ2v) is 9.68. The predicted octanol–water partition coefficient (Wildman–Crippen LogP) is 1.84. The summed E-state index contributed by atoms with van der Waals surface area (Å²) < 4.78 is 36.0. The number of halogens is 1. The number of carbonyl (C=O) groups is 2. The lowest BCUT2D eigenvalue weighted by Gasteiger charge is -2.33. The molecular formula is C18H21ClN4O5S2. The summed E-state index contributed by atoms with van der Waals surface area (Å²) in [5.41, 5.74) is 0.844. The zero-order valence-corrected chi connectivity index (χ0v) is 18.8. The number of nitrogens with zero attached hydrogens (tertiary/aromatic N) is 3. The molecule has 1 amide bonds. The number of anilines is 1. The van der Waals surface area contributed by atoms with E-state index in [-0.39, 0.29) is 37.0 Å². The van der Waals surface area contributed by atoms with Gasteiger partial charge in [0.05, 0.1) is 10.6 Å². The molecule has 1 saturated heterocycles. The number of amides is 1. The van der Waals surface area contributed by atoms with Crippen LogP contribution in [0.25, 0.3) is 0 Å². The molecule has 1 aliphatic rings. The van der Waals surface area contributed by atoms with Gasteiger partial charge >= 0.3 is 5.97 Å². The van der Waals surface area contributed by atoms with Crippen LogP contribution in [0.3, 0.4) is 0 Å². The van der Waals surface area contributed by atoms with Crippen molar-refractivity contribution in [2.45, 2.75) is 11.8 Å². The van der Waals surface area contributed by atoms with Crippen molar-refractivity contribution in [2.24, 2.45) is 0 Å². The van der Waals surface area contributed by atoms with E-state index in [1.165, 1.54) is 33.5 Å². The maximum atomic E-state index is 12.7. The van der Waals surface area contributed by atoms with Crippen LogP contribution in [-0.4, -0.2) is 73.7 Å². The quantitative estimate of drug-likeness (QED) is 0.639. The third kappa shape index (κ3) is 4.75. The Morgan fingerprint density at radius 1 is 1.20 bits per heavy atom. The molecule has 2 aromatic rings. The minimum absolute atomic E-state index is 0.153. The van der Waals surface area contributed by atoms with Crippen molar-refractivity contribution in [3.8, 4) is 0 Å². The first-order chi connectivity index (χ1) is 14.2. The van der Waals surface area contributed by atoms with E-state index in [2.05, 4.69) is 9.69 Å². The maximum absolute atomic E-state index is 12.7. The number of nitrogens with one attached hydrogen (secondary N) is 1. The van der Waals surface area contributed by atoms with Crippen molar-refractivity contribution in [1.29, 1.82) is 0 Å². The van der Waals surface area contributed by atoms with Crippen LogP contribution in [-0.2, 0) is 19.6 Å². The monoisotopic (exact) mass is 472 g/mol. The second kappa shape index (κ2) is 9.29. The van der Waals surface area contributed by atoms with Crippen LogP contribution >= 0.6 is 23.1 Å². The summed E-state index contributed by atoms with van der Waals surface area (Å²) in [6.07, 6.45) is 0. The van der Waals surface area contributed by atoms with Crippen molar-refractivity contribution < 1.29 is 22.7 Å². The van der Waals surface area contributed by atoms with Crippen LogP contribution in [0.1, 0.15) is 16.1 Å². The van der Waals surface area contributed by atoms with E-state index in [9.17, 15) is 18.0 Å². The highest BCUT2D eigenvalue weighted by Crippen LogP contribution is 2.24.